The van der Waals surface area contributed by atoms with Crippen LogP contribution in [0.15, 0.2) is 36.4 Å². The molecule has 0 unspecified atom stereocenters. The molecule has 0 saturated carbocycles. The lowest BCUT2D eigenvalue weighted by molar-refractivity contribution is -0.384. The zero-order valence-electron chi connectivity index (χ0n) is 13.9. The highest BCUT2D eigenvalue weighted by molar-refractivity contribution is 6.32. The minimum atomic E-state index is -0.762. The Morgan fingerprint density at radius 1 is 1.19 bits per heavy atom. The van der Waals surface area contributed by atoms with Crippen LogP contribution < -0.4 is 10.1 Å². The van der Waals surface area contributed by atoms with E-state index in [9.17, 15) is 24.5 Å². The number of halogens is 1. The molecule has 0 aliphatic carbocycles. The third-order valence-electron chi connectivity index (χ3n) is 3.90. The maximum atomic E-state index is 12.4. The van der Waals surface area contributed by atoms with Crippen LogP contribution in [0.1, 0.15) is 20.7 Å². The van der Waals surface area contributed by atoms with Crippen LogP contribution in [0.25, 0.3) is 0 Å². The number of hydrogen-bond donors (Lipinski definition) is 1. The number of rotatable bonds is 5. The second-order valence-corrected chi connectivity index (χ2v) is 5.99. The van der Waals surface area contributed by atoms with Crippen molar-refractivity contribution in [2.24, 2.45) is 0 Å². The fraction of sp³-hybridized carbons (Fsp3) is 0.118. The van der Waals surface area contributed by atoms with E-state index < -0.39 is 29.2 Å². The molecule has 9 nitrogen and oxygen atoms in total. The number of nitro benzene ring substituents is 1. The fourth-order valence-electron chi connectivity index (χ4n) is 2.62. The Kier molecular flexibility index (Phi) is 4.78. The molecular weight excluding hydrogens is 378 g/mol. The second-order valence-electron chi connectivity index (χ2n) is 5.58. The van der Waals surface area contributed by atoms with Gasteiger partial charge >= 0.3 is 0 Å². The quantitative estimate of drug-likeness (QED) is 0.476. The summed E-state index contributed by atoms with van der Waals surface area (Å²) in [4.78, 5) is 47.8. The summed E-state index contributed by atoms with van der Waals surface area (Å²) < 4.78 is 5.01. The van der Waals surface area contributed by atoms with Crippen molar-refractivity contribution in [2.45, 2.75) is 0 Å². The highest BCUT2D eigenvalue weighted by Crippen LogP contribution is 2.28. The summed E-state index contributed by atoms with van der Waals surface area (Å²) >= 11 is 5.98. The van der Waals surface area contributed by atoms with Crippen LogP contribution in [0, 0.1) is 10.1 Å². The molecule has 0 aromatic heterocycles. The van der Waals surface area contributed by atoms with Crippen molar-refractivity contribution in [3.63, 3.8) is 0 Å². The van der Waals surface area contributed by atoms with E-state index in [4.69, 9.17) is 16.3 Å². The minimum absolute atomic E-state index is 0.0193. The molecule has 2 aromatic rings. The second kappa shape index (κ2) is 7.04. The number of imide groups is 1. The van der Waals surface area contributed by atoms with E-state index in [0.717, 1.165) is 17.0 Å². The van der Waals surface area contributed by atoms with Gasteiger partial charge < -0.3 is 10.1 Å². The Morgan fingerprint density at radius 3 is 2.52 bits per heavy atom. The predicted octanol–water partition coefficient (Wildman–Crippen LogP) is 2.49. The van der Waals surface area contributed by atoms with Crippen molar-refractivity contribution in [3.05, 3.63) is 62.7 Å². The summed E-state index contributed by atoms with van der Waals surface area (Å²) in [6.07, 6.45) is 0. The molecule has 1 aliphatic rings. The molecule has 0 bridgehead atoms. The number of fused-ring (bicyclic) bond motifs is 1. The first-order valence-corrected chi connectivity index (χ1v) is 7.97. The van der Waals surface area contributed by atoms with Gasteiger partial charge in [-0.25, -0.2) is 0 Å². The summed E-state index contributed by atoms with van der Waals surface area (Å²) in [6, 6.07) is 7.93. The van der Waals surface area contributed by atoms with Crippen LogP contribution in [-0.2, 0) is 4.79 Å². The molecule has 138 valence electrons. The van der Waals surface area contributed by atoms with E-state index in [1.165, 1.54) is 19.2 Å². The highest BCUT2D eigenvalue weighted by atomic mass is 35.5. The number of nitrogens with zero attached hydrogens (tertiary/aromatic N) is 2. The SMILES string of the molecule is COc1ccc(NC(=O)CN2C(=O)c3ccc([N+](=O)[O-])cc3C2=O)cc1Cl. The van der Waals surface area contributed by atoms with Crippen molar-refractivity contribution in [2.75, 3.05) is 19.0 Å². The number of ether oxygens (including phenoxy) is 1. The molecule has 2 aromatic carbocycles. The van der Waals surface area contributed by atoms with Gasteiger partial charge in [0.15, 0.2) is 0 Å². The number of amides is 3. The monoisotopic (exact) mass is 389 g/mol. The largest absolute Gasteiger partial charge is 0.495 e. The Balaban J connectivity index is 1.75. The van der Waals surface area contributed by atoms with Crippen LogP contribution in [0.3, 0.4) is 0 Å². The number of benzene rings is 2. The maximum absolute atomic E-state index is 12.4. The van der Waals surface area contributed by atoms with Gasteiger partial charge in [-0.05, 0) is 24.3 Å². The van der Waals surface area contributed by atoms with E-state index in [0.29, 0.717) is 11.4 Å². The first-order chi connectivity index (χ1) is 12.8. The molecular formula is C17H12ClN3O6. The lowest BCUT2D eigenvalue weighted by atomic mass is 10.1. The van der Waals surface area contributed by atoms with Gasteiger partial charge in [0.05, 0.1) is 28.2 Å². The zero-order chi connectivity index (χ0) is 19.7. The zero-order valence-corrected chi connectivity index (χ0v) is 14.6. The normalized spacial score (nSPS) is 12.7. The third kappa shape index (κ3) is 3.44. The van der Waals surface area contributed by atoms with Crippen molar-refractivity contribution >= 4 is 40.7 Å². The molecule has 1 heterocycles. The standard InChI is InChI=1S/C17H12ClN3O6/c1-27-14-5-2-9(6-13(14)18)19-15(22)8-20-16(23)11-4-3-10(21(25)26)7-12(11)17(20)24/h2-7H,8H2,1H3,(H,19,22). The molecule has 3 rings (SSSR count). The Labute approximate surface area is 157 Å². The summed E-state index contributed by atoms with van der Waals surface area (Å²) in [7, 11) is 1.45. The van der Waals surface area contributed by atoms with E-state index in [2.05, 4.69) is 5.32 Å². The summed E-state index contributed by atoms with van der Waals surface area (Å²) in [5, 5.41) is 13.6. The third-order valence-corrected chi connectivity index (χ3v) is 4.20. The predicted molar refractivity (Wildman–Crippen MR) is 95.1 cm³/mol. The van der Waals surface area contributed by atoms with Crippen molar-refractivity contribution in [1.82, 2.24) is 4.90 Å². The van der Waals surface area contributed by atoms with Gasteiger partial charge in [0, 0.05) is 17.8 Å². The van der Waals surface area contributed by atoms with Gasteiger partial charge in [-0.15, -0.1) is 0 Å². The number of nitro groups is 1. The number of carbonyl (C=O) groups is 3. The van der Waals surface area contributed by atoms with Gasteiger partial charge in [0.1, 0.15) is 12.3 Å². The molecule has 1 N–H and O–H groups in total. The van der Waals surface area contributed by atoms with Crippen molar-refractivity contribution < 1.29 is 24.0 Å². The van der Waals surface area contributed by atoms with Gasteiger partial charge in [-0.2, -0.15) is 0 Å². The fourth-order valence-corrected chi connectivity index (χ4v) is 2.88. The molecule has 0 fully saturated rings. The molecule has 10 heteroatoms. The molecule has 1 aliphatic heterocycles. The average molecular weight is 390 g/mol. The average Bonchev–Trinajstić information content (AvgIpc) is 2.86. The summed E-state index contributed by atoms with van der Waals surface area (Å²) in [6.45, 7) is -0.538. The minimum Gasteiger partial charge on any atom is -0.495 e. The first-order valence-electron chi connectivity index (χ1n) is 7.60. The highest BCUT2D eigenvalue weighted by Gasteiger charge is 2.37. The van der Waals surface area contributed by atoms with Gasteiger partial charge in [-0.1, -0.05) is 11.6 Å². The molecule has 0 radical (unpaired) electrons. The van der Waals surface area contributed by atoms with Gasteiger partial charge in [-0.3, -0.25) is 29.4 Å². The lowest BCUT2D eigenvalue weighted by Gasteiger charge is -2.14. The molecule has 0 atom stereocenters. The van der Waals surface area contributed by atoms with Gasteiger partial charge in [0.2, 0.25) is 5.91 Å². The van der Waals surface area contributed by atoms with E-state index in [1.54, 1.807) is 12.1 Å². The summed E-state index contributed by atoms with van der Waals surface area (Å²) in [5.74, 6) is -1.65. The van der Waals surface area contributed by atoms with E-state index in [-0.39, 0.29) is 21.8 Å². The van der Waals surface area contributed by atoms with Crippen LogP contribution in [0.5, 0.6) is 5.75 Å². The Hall–Kier alpha value is -3.46. The first kappa shape index (κ1) is 18.3. The molecule has 0 saturated heterocycles. The number of methoxy groups -OCH3 is 1. The van der Waals surface area contributed by atoms with Crippen molar-refractivity contribution in [3.8, 4) is 5.75 Å². The topological polar surface area (TPSA) is 119 Å². The van der Waals surface area contributed by atoms with Crippen LogP contribution in [0.4, 0.5) is 11.4 Å². The lowest BCUT2D eigenvalue weighted by Crippen LogP contribution is -2.37. The van der Waals surface area contributed by atoms with Crippen molar-refractivity contribution in [1.29, 1.82) is 0 Å². The van der Waals surface area contributed by atoms with Crippen LogP contribution in [-0.4, -0.2) is 41.2 Å². The number of hydrogen-bond acceptors (Lipinski definition) is 6. The number of nitrogens with one attached hydrogen (secondary N) is 1. The number of carbonyl (C=O) groups excluding carboxylic acids is 3. The number of non-ortho nitro benzene ring substituents is 1. The molecule has 27 heavy (non-hydrogen) atoms. The van der Waals surface area contributed by atoms with E-state index >= 15 is 0 Å². The van der Waals surface area contributed by atoms with Crippen LogP contribution in [0.2, 0.25) is 5.02 Å². The van der Waals surface area contributed by atoms with Gasteiger partial charge in [0.25, 0.3) is 17.5 Å². The maximum Gasteiger partial charge on any atom is 0.270 e. The van der Waals surface area contributed by atoms with E-state index in [1.807, 2.05) is 0 Å². The number of anilines is 1. The Morgan fingerprint density at radius 2 is 1.89 bits per heavy atom. The Bertz CT molecular complexity index is 991. The molecule has 0 spiro atoms. The van der Waals surface area contributed by atoms with Crippen LogP contribution >= 0.6 is 11.6 Å². The molecule has 3 amide bonds. The smallest absolute Gasteiger partial charge is 0.270 e. The summed E-state index contributed by atoms with van der Waals surface area (Å²) in [5.41, 5.74) is -0.0347.